The third kappa shape index (κ3) is 11.3. The number of unbranched alkanes of at least 4 members (excludes halogenated alkanes) is 12. The molecule has 1 saturated heterocycles. The van der Waals surface area contributed by atoms with Crippen LogP contribution in [0, 0.1) is 12.7 Å². The van der Waals surface area contributed by atoms with Crippen LogP contribution in [0.3, 0.4) is 0 Å². The van der Waals surface area contributed by atoms with E-state index in [1.807, 2.05) is 11.5 Å². The fourth-order valence-corrected chi connectivity index (χ4v) is 7.97. The van der Waals surface area contributed by atoms with Crippen LogP contribution >= 0.6 is 0 Å². The first-order valence-corrected chi connectivity index (χ1v) is 19.5. The van der Waals surface area contributed by atoms with Crippen molar-refractivity contribution in [1.82, 2.24) is 14.7 Å². The molecule has 4 heterocycles. The highest BCUT2D eigenvalue weighted by Gasteiger charge is 2.37. The van der Waals surface area contributed by atoms with E-state index in [0.717, 1.165) is 92.7 Å². The second-order valence-electron chi connectivity index (χ2n) is 14.9. The van der Waals surface area contributed by atoms with Gasteiger partial charge in [0.2, 0.25) is 6.73 Å². The number of likely N-dealkylation sites (tertiary alicyclic amines) is 1. The van der Waals surface area contributed by atoms with Gasteiger partial charge < -0.3 is 33.2 Å². The number of aryl methyl sites for hydroxylation is 2. The van der Waals surface area contributed by atoms with Crippen molar-refractivity contribution >= 4 is 16.9 Å². The number of carbonyl (C=O) groups is 1. The number of ether oxygens (including phenoxy) is 1. The number of nitrogens with zero attached hydrogens (tertiary/aromatic N) is 4. The first-order chi connectivity index (χ1) is 23.9. The number of rotatable bonds is 20. The molecule has 0 bridgehead atoms. The van der Waals surface area contributed by atoms with Crippen LogP contribution in [0.15, 0.2) is 27.5 Å². The lowest BCUT2D eigenvalue weighted by atomic mass is 9.90. The minimum atomic E-state index is -0.335. The molecule has 50 heavy (non-hydrogen) atoms. The minimum absolute atomic E-state index is 0. The van der Waals surface area contributed by atoms with Gasteiger partial charge >= 0.3 is 5.97 Å². The summed E-state index contributed by atoms with van der Waals surface area (Å²) in [5.74, 6) is 0.623. The van der Waals surface area contributed by atoms with E-state index in [0.29, 0.717) is 36.2 Å². The van der Waals surface area contributed by atoms with E-state index in [9.17, 15) is 14.0 Å². The number of piperidine rings is 1. The fourth-order valence-electron chi connectivity index (χ4n) is 7.97. The van der Waals surface area contributed by atoms with Gasteiger partial charge in [0.05, 0.1) is 25.3 Å². The fraction of sp³-hybridized carbons (Fsp3) is 0.700. The predicted octanol–water partition coefficient (Wildman–Crippen LogP) is 6.09. The number of aromatic nitrogens is 3. The van der Waals surface area contributed by atoms with Crippen molar-refractivity contribution in [2.24, 2.45) is 0 Å². The van der Waals surface area contributed by atoms with Crippen molar-refractivity contribution in [3.63, 3.8) is 0 Å². The van der Waals surface area contributed by atoms with Gasteiger partial charge in [-0.1, -0.05) is 89.1 Å². The molecule has 0 atom stereocenters. The Balaban J connectivity index is 0.00000562. The zero-order valence-electron chi connectivity index (χ0n) is 30.7. The lowest BCUT2D eigenvalue weighted by Gasteiger charge is -2.42. The molecule has 0 aliphatic carbocycles. The predicted molar refractivity (Wildman–Crippen MR) is 192 cm³/mol. The second kappa shape index (κ2) is 20.6. The highest BCUT2D eigenvalue weighted by Crippen LogP contribution is 2.35. The number of benzene rings is 1. The summed E-state index contributed by atoms with van der Waals surface area (Å²) in [7, 11) is 0. The molecule has 0 N–H and O–H groups in total. The van der Waals surface area contributed by atoms with Gasteiger partial charge in [0.25, 0.3) is 5.56 Å². The summed E-state index contributed by atoms with van der Waals surface area (Å²) < 4.78 is 27.7. The zero-order chi connectivity index (χ0) is 34.5. The van der Waals surface area contributed by atoms with Gasteiger partial charge in [0.15, 0.2) is 5.58 Å². The van der Waals surface area contributed by atoms with Crippen LogP contribution in [-0.4, -0.2) is 51.5 Å². The molecule has 10 heteroatoms. The topological polar surface area (TPSA) is 87.2 Å². The third-order valence-corrected chi connectivity index (χ3v) is 11.2. The van der Waals surface area contributed by atoms with Gasteiger partial charge in [0, 0.05) is 67.3 Å². The van der Waals surface area contributed by atoms with Gasteiger partial charge in [-0.3, -0.25) is 18.6 Å². The molecule has 278 valence electrons. The van der Waals surface area contributed by atoms with E-state index in [4.69, 9.17) is 14.2 Å². The molecule has 1 aromatic carbocycles. The molecule has 2 aromatic heterocycles. The zero-order valence-corrected chi connectivity index (χ0v) is 32.8. The van der Waals surface area contributed by atoms with Crippen molar-refractivity contribution in [1.29, 1.82) is 0 Å². The largest absolute Gasteiger partial charge is 1.00 e. The Labute approximate surface area is 315 Å². The Morgan fingerprint density at radius 1 is 0.980 bits per heavy atom. The molecule has 0 saturated carbocycles. The summed E-state index contributed by atoms with van der Waals surface area (Å²) in [5, 5.41) is 5.20. The SMILES string of the molecule is CCCCCCCCCCCCCCCC(=O)OC[N+]1(CCc2c(C)nc3n(c2=O)CCCC3)CCC(c2noc3cc(F)ccc23)CC1.[I-]. The Morgan fingerprint density at radius 2 is 1.64 bits per heavy atom. The maximum atomic E-state index is 13.8. The molecule has 0 unspecified atom stereocenters. The van der Waals surface area contributed by atoms with Crippen LogP contribution in [0.2, 0.25) is 0 Å². The molecule has 0 spiro atoms. The molecule has 2 aliphatic rings. The van der Waals surface area contributed by atoms with Gasteiger partial charge in [-0.05, 0) is 38.3 Å². The van der Waals surface area contributed by atoms with Crippen LogP contribution in [0.25, 0.3) is 11.0 Å². The maximum Gasteiger partial charge on any atom is 0.310 e. The number of carbonyl (C=O) groups excluding carboxylic acids is 1. The van der Waals surface area contributed by atoms with Crippen LogP contribution < -0.4 is 29.5 Å². The van der Waals surface area contributed by atoms with Gasteiger partial charge in [-0.2, -0.15) is 0 Å². The van der Waals surface area contributed by atoms with Crippen LogP contribution in [0.5, 0.6) is 0 Å². The smallest absolute Gasteiger partial charge is 0.310 e. The van der Waals surface area contributed by atoms with Gasteiger partial charge in [-0.15, -0.1) is 0 Å². The highest BCUT2D eigenvalue weighted by molar-refractivity contribution is 5.79. The summed E-state index contributed by atoms with van der Waals surface area (Å²) in [5.41, 5.74) is 3.05. The molecule has 0 amide bonds. The number of halogens is 2. The Hall–Kier alpha value is -2.34. The average Bonchev–Trinajstić information content (AvgIpc) is 3.52. The monoisotopic (exact) mass is 806 g/mol. The molecule has 3 aromatic rings. The van der Waals surface area contributed by atoms with Crippen LogP contribution in [0.4, 0.5) is 4.39 Å². The molecule has 1 fully saturated rings. The van der Waals surface area contributed by atoms with Gasteiger partial charge in [-0.25, -0.2) is 9.37 Å². The first-order valence-electron chi connectivity index (χ1n) is 19.5. The van der Waals surface area contributed by atoms with Crippen molar-refractivity contribution < 1.29 is 46.9 Å². The molecular formula is C40H60FIN4O4. The minimum Gasteiger partial charge on any atom is -1.00 e. The van der Waals surface area contributed by atoms with Crippen molar-refractivity contribution in [3.8, 4) is 0 Å². The molecular weight excluding hydrogens is 746 g/mol. The Kier molecular flexibility index (Phi) is 16.7. The van der Waals surface area contributed by atoms with Crippen molar-refractivity contribution in [3.05, 3.63) is 57.1 Å². The summed E-state index contributed by atoms with van der Waals surface area (Å²) in [4.78, 5) is 31.3. The van der Waals surface area contributed by atoms with Crippen molar-refractivity contribution in [2.45, 2.75) is 155 Å². The number of hydrogen-bond acceptors (Lipinski definition) is 6. The normalized spacial score (nSPS) is 18.9. The number of quaternary nitrogens is 1. The lowest BCUT2D eigenvalue weighted by molar-refractivity contribution is -0.948. The van der Waals surface area contributed by atoms with Crippen molar-refractivity contribution in [2.75, 3.05) is 26.4 Å². The lowest BCUT2D eigenvalue weighted by Crippen LogP contribution is -3.00. The Bertz CT molecular complexity index is 1550. The summed E-state index contributed by atoms with van der Waals surface area (Å²) in [6, 6.07) is 4.60. The number of esters is 1. The standard InChI is InChI=1S/C40H60FN4O4.HI/c1-3-4-5-6-7-8-9-10-11-12-13-14-15-19-38(46)48-30-45(28-24-34-31(2)42-37-18-16-17-25-44(37)40(34)47)26-22-32(23-27-45)39-35-21-20-33(41)29-36(35)49-43-39;/h20-21,29,32H,3-19,22-28,30H2,1-2H3;1H/q+1;/p-1. The van der Waals surface area contributed by atoms with Gasteiger partial charge in [0.1, 0.15) is 11.6 Å². The van der Waals surface area contributed by atoms with E-state index in [1.165, 1.54) is 82.8 Å². The molecule has 2 aliphatic heterocycles. The van der Waals surface area contributed by atoms with E-state index < -0.39 is 0 Å². The molecule has 5 rings (SSSR count). The quantitative estimate of drug-likeness (QED) is 0.0595. The number of hydrogen-bond donors (Lipinski definition) is 0. The summed E-state index contributed by atoms with van der Waals surface area (Å²) in [6.45, 7) is 7.57. The maximum absolute atomic E-state index is 13.8. The van der Waals surface area contributed by atoms with Crippen LogP contribution in [0.1, 0.15) is 151 Å². The summed E-state index contributed by atoms with van der Waals surface area (Å²) in [6.07, 6.45) is 22.2. The van der Waals surface area contributed by atoms with E-state index >= 15 is 0 Å². The van der Waals surface area contributed by atoms with E-state index in [-0.39, 0.29) is 47.2 Å². The summed E-state index contributed by atoms with van der Waals surface area (Å²) >= 11 is 0. The average molecular weight is 807 g/mol. The number of fused-ring (bicyclic) bond motifs is 2. The van der Waals surface area contributed by atoms with E-state index in [1.54, 1.807) is 6.07 Å². The van der Waals surface area contributed by atoms with Crippen LogP contribution in [-0.2, 0) is 28.9 Å². The second-order valence-corrected chi connectivity index (χ2v) is 14.9. The first kappa shape index (κ1) is 40.4. The third-order valence-electron chi connectivity index (χ3n) is 11.2. The molecule has 0 radical (unpaired) electrons. The Morgan fingerprint density at radius 3 is 2.32 bits per heavy atom. The van der Waals surface area contributed by atoms with E-state index in [2.05, 4.69) is 12.1 Å². The molecule has 8 nitrogen and oxygen atoms in total. The highest BCUT2D eigenvalue weighted by atomic mass is 127.